The molecule has 9 heteroatoms. The van der Waals surface area contributed by atoms with Crippen molar-refractivity contribution in [3.05, 3.63) is 65.0 Å². The van der Waals surface area contributed by atoms with E-state index in [0.29, 0.717) is 38.5 Å². The molecule has 3 aromatic rings. The predicted molar refractivity (Wildman–Crippen MR) is 125 cm³/mol. The maximum absolute atomic E-state index is 13.4. The van der Waals surface area contributed by atoms with Crippen molar-refractivity contribution in [2.75, 3.05) is 38.1 Å². The first-order valence-electron chi connectivity index (χ1n) is 11.2. The zero-order chi connectivity index (χ0) is 24.5. The van der Waals surface area contributed by atoms with Crippen molar-refractivity contribution in [1.82, 2.24) is 19.8 Å². The number of carbonyl (C=O) groups excluding carboxylic acids is 1. The molecule has 2 aromatic carbocycles. The Balaban J connectivity index is 1.61. The number of aromatic nitrogens is 2. The van der Waals surface area contributed by atoms with Gasteiger partial charge < -0.3 is 9.80 Å². The van der Waals surface area contributed by atoms with Gasteiger partial charge in [0.25, 0.3) is 0 Å². The lowest BCUT2D eigenvalue weighted by atomic mass is 10.1. The molecule has 0 spiro atoms. The van der Waals surface area contributed by atoms with E-state index < -0.39 is 11.7 Å². The first-order valence-corrected chi connectivity index (χ1v) is 11.2. The SMILES string of the molecule is CC(=O)N1CCN(c2nc(CN(C)Cc3ccccc3C(F)(F)F)nc3c(C)cccc23)CC1. The summed E-state index contributed by atoms with van der Waals surface area (Å²) < 4.78 is 40.2. The molecule has 1 saturated heterocycles. The van der Waals surface area contributed by atoms with Crippen LogP contribution in [0, 0.1) is 6.92 Å². The number of fused-ring (bicyclic) bond motifs is 1. The summed E-state index contributed by atoms with van der Waals surface area (Å²) in [6, 6.07) is 11.6. The van der Waals surface area contributed by atoms with Gasteiger partial charge in [0, 0.05) is 45.0 Å². The minimum absolute atomic E-state index is 0.0597. The fourth-order valence-corrected chi connectivity index (χ4v) is 4.39. The number of carbonyl (C=O) groups is 1. The van der Waals surface area contributed by atoms with Crippen LogP contribution in [0.15, 0.2) is 42.5 Å². The van der Waals surface area contributed by atoms with Gasteiger partial charge in [0.15, 0.2) is 0 Å². The van der Waals surface area contributed by atoms with Crippen LogP contribution in [-0.4, -0.2) is 58.9 Å². The minimum atomic E-state index is -4.40. The molecule has 0 N–H and O–H groups in total. The smallest absolute Gasteiger partial charge is 0.352 e. The van der Waals surface area contributed by atoms with Crippen LogP contribution in [-0.2, 0) is 24.1 Å². The number of benzene rings is 2. The molecule has 0 aliphatic carbocycles. The monoisotopic (exact) mass is 471 g/mol. The highest BCUT2D eigenvalue weighted by molar-refractivity contribution is 5.91. The van der Waals surface area contributed by atoms with Crippen molar-refractivity contribution in [1.29, 1.82) is 0 Å². The van der Waals surface area contributed by atoms with Crippen LogP contribution in [0.5, 0.6) is 0 Å². The van der Waals surface area contributed by atoms with Crippen LogP contribution >= 0.6 is 0 Å². The molecule has 34 heavy (non-hydrogen) atoms. The van der Waals surface area contributed by atoms with Gasteiger partial charge in [-0.15, -0.1) is 0 Å². The Kier molecular flexibility index (Phi) is 6.74. The van der Waals surface area contributed by atoms with Gasteiger partial charge in [0.05, 0.1) is 17.6 Å². The van der Waals surface area contributed by atoms with Crippen molar-refractivity contribution in [3.63, 3.8) is 0 Å². The van der Waals surface area contributed by atoms with E-state index in [1.54, 1.807) is 24.9 Å². The van der Waals surface area contributed by atoms with E-state index in [0.717, 1.165) is 28.4 Å². The van der Waals surface area contributed by atoms with Gasteiger partial charge in [-0.25, -0.2) is 9.97 Å². The molecule has 1 aliphatic rings. The standard InChI is InChI=1S/C25H28F3N5O/c1-17-7-6-9-20-23(17)29-22(30-24(20)33-13-11-32(12-14-33)18(2)34)16-31(3)15-19-8-4-5-10-21(19)25(26,27)28/h4-10H,11-16H2,1-3H3. The number of alkyl halides is 3. The van der Waals surface area contributed by atoms with Crippen molar-refractivity contribution < 1.29 is 18.0 Å². The number of rotatable bonds is 5. The Morgan fingerprint density at radius 1 is 1.00 bits per heavy atom. The quantitative estimate of drug-likeness (QED) is 0.557. The third kappa shape index (κ3) is 5.14. The van der Waals surface area contributed by atoms with E-state index in [4.69, 9.17) is 9.97 Å². The van der Waals surface area contributed by atoms with Gasteiger partial charge in [-0.2, -0.15) is 13.2 Å². The van der Waals surface area contributed by atoms with E-state index in [9.17, 15) is 18.0 Å². The Bertz CT molecular complexity index is 1190. The Morgan fingerprint density at radius 3 is 2.38 bits per heavy atom. The second-order valence-electron chi connectivity index (χ2n) is 8.75. The zero-order valence-electron chi connectivity index (χ0n) is 19.6. The molecule has 1 fully saturated rings. The van der Waals surface area contributed by atoms with Gasteiger partial charge in [-0.1, -0.05) is 30.3 Å². The number of para-hydroxylation sites is 1. The number of nitrogens with zero attached hydrogens (tertiary/aromatic N) is 5. The third-order valence-electron chi connectivity index (χ3n) is 6.15. The summed E-state index contributed by atoms with van der Waals surface area (Å²) in [6.45, 7) is 6.55. The van der Waals surface area contributed by atoms with E-state index >= 15 is 0 Å². The lowest BCUT2D eigenvalue weighted by Crippen LogP contribution is -2.48. The largest absolute Gasteiger partial charge is 0.416 e. The number of amides is 1. The highest BCUT2D eigenvalue weighted by Gasteiger charge is 2.33. The zero-order valence-corrected chi connectivity index (χ0v) is 19.6. The molecule has 0 saturated carbocycles. The van der Waals surface area contributed by atoms with Crippen LogP contribution < -0.4 is 4.90 Å². The molecule has 4 rings (SSSR count). The Hall–Kier alpha value is -3.20. The molecule has 1 aromatic heterocycles. The van der Waals surface area contributed by atoms with Gasteiger partial charge in [0.2, 0.25) is 5.91 Å². The first kappa shape index (κ1) is 23.9. The summed E-state index contributed by atoms with van der Waals surface area (Å²) in [5.74, 6) is 1.42. The molecular weight excluding hydrogens is 443 g/mol. The molecule has 0 atom stereocenters. The normalized spacial score (nSPS) is 14.8. The fraction of sp³-hybridized carbons (Fsp3) is 0.400. The lowest BCUT2D eigenvalue weighted by molar-refractivity contribution is -0.138. The van der Waals surface area contributed by atoms with Gasteiger partial charge >= 0.3 is 6.18 Å². The van der Waals surface area contributed by atoms with Gasteiger partial charge in [-0.05, 0) is 37.2 Å². The number of aryl methyl sites for hydroxylation is 1. The average molecular weight is 472 g/mol. The second kappa shape index (κ2) is 9.58. The number of hydrogen-bond acceptors (Lipinski definition) is 5. The summed E-state index contributed by atoms with van der Waals surface area (Å²) in [5, 5.41) is 0.935. The van der Waals surface area contributed by atoms with Crippen LogP contribution in [0.25, 0.3) is 10.9 Å². The first-order chi connectivity index (χ1) is 16.1. The molecular formula is C25H28F3N5O. The van der Waals surface area contributed by atoms with Gasteiger partial charge in [-0.3, -0.25) is 9.69 Å². The molecule has 2 heterocycles. The van der Waals surface area contributed by atoms with E-state index in [1.165, 1.54) is 12.1 Å². The van der Waals surface area contributed by atoms with E-state index in [-0.39, 0.29) is 18.0 Å². The number of anilines is 1. The number of hydrogen-bond donors (Lipinski definition) is 0. The maximum Gasteiger partial charge on any atom is 0.416 e. The van der Waals surface area contributed by atoms with Crippen molar-refractivity contribution in [2.45, 2.75) is 33.1 Å². The fourth-order valence-electron chi connectivity index (χ4n) is 4.39. The summed E-state index contributed by atoms with van der Waals surface area (Å²) in [4.78, 5) is 27.1. The van der Waals surface area contributed by atoms with Crippen LogP contribution in [0.1, 0.15) is 29.4 Å². The number of halogens is 3. The maximum atomic E-state index is 13.4. The van der Waals surface area contributed by atoms with Crippen LogP contribution in [0.4, 0.5) is 19.0 Å². The second-order valence-corrected chi connectivity index (χ2v) is 8.75. The van der Waals surface area contributed by atoms with Crippen molar-refractivity contribution in [2.24, 2.45) is 0 Å². The topological polar surface area (TPSA) is 52.6 Å². The highest BCUT2D eigenvalue weighted by atomic mass is 19.4. The highest BCUT2D eigenvalue weighted by Crippen LogP contribution is 2.32. The summed E-state index contributed by atoms with van der Waals surface area (Å²) >= 11 is 0. The molecule has 180 valence electrons. The third-order valence-corrected chi connectivity index (χ3v) is 6.15. The van der Waals surface area contributed by atoms with Crippen LogP contribution in [0.2, 0.25) is 0 Å². The molecule has 1 aliphatic heterocycles. The molecule has 1 amide bonds. The Labute approximate surface area is 197 Å². The average Bonchev–Trinajstić information content (AvgIpc) is 2.79. The predicted octanol–water partition coefficient (Wildman–Crippen LogP) is 4.26. The van der Waals surface area contributed by atoms with Crippen molar-refractivity contribution >= 4 is 22.6 Å². The van der Waals surface area contributed by atoms with E-state index in [1.807, 2.05) is 30.0 Å². The van der Waals surface area contributed by atoms with Crippen molar-refractivity contribution in [3.8, 4) is 0 Å². The molecule has 0 radical (unpaired) electrons. The minimum Gasteiger partial charge on any atom is -0.352 e. The van der Waals surface area contributed by atoms with Gasteiger partial charge in [0.1, 0.15) is 11.6 Å². The lowest BCUT2D eigenvalue weighted by Gasteiger charge is -2.35. The molecule has 0 unspecified atom stereocenters. The Morgan fingerprint density at radius 2 is 1.71 bits per heavy atom. The summed E-state index contributed by atoms with van der Waals surface area (Å²) in [5.41, 5.74) is 1.44. The molecule has 0 bridgehead atoms. The number of piperazine rings is 1. The summed E-state index contributed by atoms with van der Waals surface area (Å²) in [7, 11) is 1.77. The van der Waals surface area contributed by atoms with Crippen LogP contribution in [0.3, 0.4) is 0 Å². The van der Waals surface area contributed by atoms with E-state index in [2.05, 4.69) is 4.90 Å². The molecule has 6 nitrogen and oxygen atoms in total. The summed E-state index contributed by atoms with van der Waals surface area (Å²) in [6.07, 6.45) is -4.40.